The first-order valence-electron chi connectivity index (χ1n) is 6.75. The highest BCUT2D eigenvalue weighted by atomic mass is 19.3. The molecular formula is C15H17F2N3. The molecule has 2 aromatic rings. The summed E-state index contributed by atoms with van der Waals surface area (Å²) in [6, 6.07) is 4.06. The number of aromatic nitrogens is 2. The molecule has 0 spiro atoms. The van der Waals surface area contributed by atoms with Gasteiger partial charge in [-0.15, -0.1) is 0 Å². The molecule has 1 fully saturated rings. The third-order valence-electron chi connectivity index (χ3n) is 3.72. The van der Waals surface area contributed by atoms with Gasteiger partial charge in [0.15, 0.2) is 0 Å². The van der Waals surface area contributed by atoms with Crippen LogP contribution in [-0.4, -0.2) is 16.2 Å². The van der Waals surface area contributed by atoms with Gasteiger partial charge in [0.05, 0.1) is 6.20 Å². The van der Waals surface area contributed by atoms with Crippen LogP contribution in [0.3, 0.4) is 0 Å². The zero-order valence-corrected chi connectivity index (χ0v) is 11.3. The van der Waals surface area contributed by atoms with Crippen LogP contribution in [0.2, 0.25) is 0 Å². The Morgan fingerprint density at radius 2 is 2.15 bits per heavy atom. The van der Waals surface area contributed by atoms with Crippen molar-refractivity contribution in [1.29, 1.82) is 0 Å². The molecule has 1 saturated carbocycles. The fourth-order valence-electron chi connectivity index (χ4n) is 2.47. The second-order valence-corrected chi connectivity index (χ2v) is 5.41. The SMILES string of the molecule is Cc1cc(C2CC2)c(-c2cnn(CC(F)F)c2)cc1N. The Morgan fingerprint density at radius 1 is 1.40 bits per heavy atom. The van der Waals surface area contributed by atoms with Crippen LogP contribution in [0.15, 0.2) is 24.5 Å². The summed E-state index contributed by atoms with van der Waals surface area (Å²) >= 11 is 0. The lowest BCUT2D eigenvalue weighted by molar-refractivity contribution is 0.122. The van der Waals surface area contributed by atoms with Gasteiger partial charge >= 0.3 is 0 Å². The summed E-state index contributed by atoms with van der Waals surface area (Å²) in [5.41, 5.74) is 10.9. The van der Waals surface area contributed by atoms with Crippen LogP contribution in [0.25, 0.3) is 11.1 Å². The summed E-state index contributed by atoms with van der Waals surface area (Å²) in [7, 11) is 0. The van der Waals surface area contributed by atoms with E-state index in [9.17, 15) is 8.78 Å². The standard InChI is InChI=1S/C15H17F2N3/c1-9-4-12(10-2-3-10)13(5-14(9)18)11-6-19-20(7-11)8-15(16)17/h4-7,10,15H,2-3,8,18H2,1H3. The molecule has 5 heteroatoms. The third-order valence-corrected chi connectivity index (χ3v) is 3.72. The van der Waals surface area contributed by atoms with Crippen LogP contribution in [0.1, 0.15) is 29.9 Å². The molecular weight excluding hydrogens is 260 g/mol. The van der Waals surface area contributed by atoms with Gasteiger partial charge < -0.3 is 5.73 Å². The van der Waals surface area contributed by atoms with Gasteiger partial charge in [-0.1, -0.05) is 6.07 Å². The Bertz CT molecular complexity index is 630. The van der Waals surface area contributed by atoms with Gasteiger partial charge in [-0.25, -0.2) is 8.78 Å². The Balaban J connectivity index is 2.00. The smallest absolute Gasteiger partial charge is 0.257 e. The number of nitrogen functional groups attached to an aromatic ring is 1. The normalized spacial score (nSPS) is 15.0. The maximum absolute atomic E-state index is 12.4. The number of hydrogen-bond acceptors (Lipinski definition) is 2. The molecule has 1 heterocycles. The molecule has 3 rings (SSSR count). The van der Waals surface area contributed by atoms with Gasteiger partial charge in [0.1, 0.15) is 6.54 Å². The fourth-order valence-corrected chi connectivity index (χ4v) is 2.47. The molecule has 0 unspecified atom stereocenters. The predicted molar refractivity (Wildman–Crippen MR) is 74.8 cm³/mol. The molecule has 1 aromatic carbocycles. The zero-order chi connectivity index (χ0) is 14.3. The van der Waals surface area contributed by atoms with Crippen molar-refractivity contribution in [1.82, 2.24) is 9.78 Å². The van der Waals surface area contributed by atoms with Crippen molar-refractivity contribution in [2.24, 2.45) is 0 Å². The minimum atomic E-state index is -2.39. The van der Waals surface area contributed by atoms with Crippen LogP contribution in [0, 0.1) is 6.92 Å². The van der Waals surface area contributed by atoms with E-state index in [0.717, 1.165) is 22.4 Å². The second kappa shape index (κ2) is 4.89. The lowest BCUT2D eigenvalue weighted by Gasteiger charge is -2.11. The van der Waals surface area contributed by atoms with Crippen molar-refractivity contribution in [3.8, 4) is 11.1 Å². The van der Waals surface area contributed by atoms with Crippen molar-refractivity contribution in [2.75, 3.05) is 5.73 Å². The number of nitrogens with zero attached hydrogens (tertiary/aromatic N) is 2. The van der Waals surface area contributed by atoms with E-state index in [2.05, 4.69) is 11.2 Å². The third kappa shape index (κ3) is 2.53. The number of nitrogens with two attached hydrogens (primary N) is 1. The lowest BCUT2D eigenvalue weighted by Crippen LogP contribution is -2.06. The molecule has 0 aliphatic heterocycles. The highest BCUT2D eigenvalue weighted by Gasteiger charge is 2.27. The van der Waals surface area contributed by atoms with E-state index in [1.807, 2.05) is 13.0 Å². The van der Waals surface area contributed by atoms with Crippen LogP contribution < -0.4 is 5.73 Å². The molecule has 0 amide bonds. The molecule has 0 bridgehead atoms. The highest BCUT2D eigenvalue weighted by molar-refractivity contribution is 5.73. The summed E-state index contributed by atoms with van der Waals surface area (Å²) in [5.74, 6) is 0.572. The minimum absolute atomic E-state index is 0.375. The number of alkyl halides is 2. The van der Waals surface area contributed by atoms with Crippen molar-refractivity contribution in [2.45, 2.75) is 38.7 Å². The Labute approximate surface area is 116 Å². The van der Waals surface area contributed by atoms with Gasteiger partial charge in [-0.05, 0) is 48.4 Å². The molecule has 0 atom stereocenters. The molecule has 1 aliphatic carbocycles. The van der Waals surface area contributed by atoms with Crippen LogP contribution in [0.4, 0.5) is 14.5 Å². The van der Waals surface area contributed by atoms with Crippen molar-refractivity contribution < 1.29 is 8.78 Å². The minimum Gasteiger partial charge on any atom is -0.398 e. The van der Waals surface area contributed by atoms with E-state index in [-0.39, 0.29) is 6.54 Å². The Hall–Kier alpha value is -1.91. The van der Waals surface area contributed by atoms with Gasteiger partial charge in [-0.2, -0.15) is 5.10 Å². The maximum Gasteiger partial charge on any atom is 0.257 e. The zero-order valence-electron chi connectivity index (χ0n) is 11.3. The van der Waals surface area contributed by atoms with Crippen molar-refractivity contribution >= 4 is 5.69 Å². The van der Waals surface area contributed by atoms with E-state index in [4.69, 9.17) is 5.73 Å². The molecule has 106 valence electrons. The number of rotatable bonds is 4. The largest absolute Gasteiger partial charge is 0.398 e. The molecule has 1 aliphatic rings. The van der Waals surface area contributed by atoms with E-state index >= 15 is 0 Å². The van der Waals surface area contributed by atoms with Crippen molar-refractivity contribution in [3.63, 3.8) is 0 Å². The molecule has 0 radical (unpaired) electrons. The molecule has 20 heavy (non-hydrogen) atoms. The molecule has 2 N–H and O–H groups in total. The second-order valence-electron chi connectivity index (χ2n) is 5.41. The number of aryl methyl sites for hydroxylation is 1. The number of hydrogen-bond donors (Lipinski definition) is 1. The quantitative estimate of drug-likeness (QED) is 0.868. The average Bonchev–Trinajstić information content (AvgIpc) is 3.13. The topological polar surface area (TPSA) is 43.8 Å². The van der Waals surface area contributed by atoms with Crippen LogP contribution >= 0.6 is 0 Å². The first kappa shape index (κ1) is 13.1. The Kier molecular flexibility index (Phi) is 3.20. The van der Waals surface area contributed by atoms with E-state index in [0.29, 0.717) is 5.92 Å². The molecule has 3 nitrogen and oxygen atoms in total. The van der Waals surface area contributed by atoms with Gasteiger partial charge in [0.25, 0.3) is 6.43 Å². The highest BCUT2D eigenvalue weighted by Crippen LogP contribution is 2.45. The summed E-state index contributed by atoms with van der Waals surface area (Å²) in [5, 5.41) is 4.00. The predicted octanol–water partition coefficient (Wildman–Crippen LogP) is 3.58. The van der Waals surface area contributed by atoms with E-state index in [1.54, 1.807) is 12.4 Å². The number of anilines is 1. The monoisotopic (exact) mass is 277 g/mol. The molecule has 1 aromatic heterocycles. The van der Waals surface area contributed by atoms with E-state index in [1.165, 1.54) is 23.1 Å². The van der Waals surface area contributed by atoms with Gasteiger partial charge in [-0.3, -0.25) is 4.68 Å². The number of benzene rings is 1. The van der Waals surface area contributed by atoms with Crippen LogP contribution in [-0.2, 0) is 6.54 Å². The fraction of sp³-hybridized carbons (Fsp3) is 0.400. The summed E-state index contributed by atoms with van der Waals surface area (Å²) in [4.78, 5) is 0. The summed E-state index contributed by atoms with van der Waals surface area (Å²) in [6.07, 6.45) is 3.28. The number of halogens is 2. The first-order chi connectivity index (χ1) is 9.54. The van der Waals surface area contributed by atoms with Crippen molar-refractivity contribution in [3.05, 3.63) is 35.7 Å². The van der Waals surface area contributed by atoms with Crippen LogP contribution in [0.5, 0.6) is 0 Å². The first-order valence-corrected chi connectivity index (χ1v) is 6.75. The summed E-state index contributed by atoms with van der Waals surface area (Å²) in [6.45, 7) is 1.62. The Morgan fingerprint density at radius 3 is 2.80 bits per heavy atom. The average molecular weight is 277 g/mol. The lowest BCUT2D eigenvalue weighted by atomic mass is 9.95. The van der Waals surface area contributed by atoms with Gasteiger partial charge in [0.2, 0.25) is 0 Å². The maximum atomic E-state index is 12.4. The summed E-state index contributed by atoms with van der Waals surface area (Å²) < 4.78 is 26.1. The molecule has 0 saturated heterocycles. The van der Waals surface area contributed by atoms with Gasteiger partial charge in [0, 0.05) is 17.4 Å². The van der Waals surface area contributed by atoms with E-state index < -0.39 is 6.43 Å².